The van der Waals surface area contributed by atoms with Gasteiger partial charge in [-0.2, -0.15) is 0 Å². The van der Waals surface area contributed by atoms with Gasteiger partial charge in [-0.05, 0) is 24.7 Å². The highest BCUT2D eigenvalue weighted by atomic mass is 16.4. The molecule has 6 heteroatoms. The van der Waals surface area contributed by atoms with Gasteiger partial charge < -0.3 is 21.1 Å². The molecule has 0 saturated carbocycles. The molecule has 0 aliphatic carbocycles. The van der Waals surface area contributed by atoms with Crippen LogP contribution in [0.5, 0.6) is 0 Å². The molecule has 1 rings (SSSR count). The summed E-state index contributed by atoms with van der Waals surface area (Å²) in [5, 5.41) is 11.9. The lowest BCUT2D eigenvalue weighted by Crippen LogP contribution is -2.48. The van der Waals surface area contributed by atoms with Gasteiger partial charge in [-0.3, -0.25) is 4.79 Å². The molecule has 1 fully saturated rings. The number of carbonyl (C=O) groups is 2. The summed E-state index contributed by atoms with van der Waals surface area (Å²) in [5.74, 6) is -1.41. The number of aliphatic carboxylic acids is 1. The van der Waals surface area contributed by atoms with E-state index in [4.69, 9.17) is 5.73 Å². The minimum absolute atomic E-state index is 0.0777. The van der Waals surface area contributed by atoms with Gasteiger partial charge in [0.25, 0.3) is 0 Å². The monoisotopic (exact) mass is 285 g/mol. The molecule has 1 atom stereocenters. The predicted molar refractivity (Wildman–Crippen MR) is 77.4 cm³/mol. The molecule has 1 aliphatic heterocycles. The van der Waals surface area contributed by atoms with Crippen LogP contribution in [0.25, 0.3) is 0 Å². The van der Waals surface area contributed by atoms with Crippen molar-refractivity contribution >= 4 is 12.0 Å². The summed E-state index contributed by atoms with van der Waals surface area (Å²) in [4.78, 5) is 24.9. The number of rotatable bonds is 4. The zero-order chi connectivity index (χ0) is 15.3. The van der Waals surface area contributed by atoms with Gasteiger partial charge in [-0.1, -0.05) is 20.8 Å². The van der Waals surface area contributed by atoms with Gasteiger partial charge in [0, 0.05) is 25.7 Å². The van der Waals surface area contributed by atoms with E-state index in [1.54, 1.807) is 4.90 Å². The Labute approximate surface area is 120 Å². The van der Waals surface area contributed by atoms with Crippen LogP contribution in [-0.2, 0) is 4.79 Å². The number of carboxylic acid groups (broad SMARTS) is 1. The van der Waals surface area contributed by atoms with Crippen molar-refractivity contribution in [2.45, 2.75) is 46.1 Å². The Bertz CT molecular complexity index is 344. The Balaban J connectivity index is 2.43. The first kappa shape index (κ1) is 16.8. The van der Waals surface area contributed by atoms with Crippen LogP contribution in [-0.4, -0.2) is 47.7 Å². The van der Waals surface area contributed by atoms with E-state index in [1.165, 1.54) is 0 Å². The summed E-state index contributed by atoms with van der Waals surface area (Å²) >= 11 is 0. The molecule has 0 spiro atoms. The highest BCUT2D eigenvalue weighted by molar-refractivity contribution is 5.76. The number of piperidine rings is 1. The Morgan fingerprint density at radius 3 is 2.35 bits per heavy atom. The van der Waals surface area contributed by atoms with Crippen molar-refractivity contribution in [3.05, 3.63) is 0 Å². The molecule has 1 unspecified atom stereocenters. The first-order chi connectivity index (χ1) is 9.19. The summed E-state index contributed by atoms with van der Waals surface area (Å²) in [5.41, 5.74) is 5.71. The molecule has 0 aromatic carbocycles. The summed E-state index contributed by atoms with van der Waals surface area (Å²) in [7, 11) is 0. The van der Waals surface area contributed by atoms with E-state index in [-0.39, 0.29) is 24.0 Å². The van der Waals surface area contributed by atoms with Gasteiger partial charge in [0.15, 0.2) is 0 Å². The van der Waals surface area contributed by atoms with E-state index in [2.05, 4.69) is 5.32 Å². The number of amides is 2. The lowest BCUT2D eigenvalue weighted by Gasteiger charge is -2.31. The number of hydrogen-bond donors (Lipinski definition) is 3. The fraction of sp³-hybridized carbons (Fsp3) is 0.857. The van der Waals surface area contributed by atoms with Crippen LogP contribution in [0.15, 0.2) is 0 Å². The summed E-state index contributed by atoms with van der Waals surface area (Å²) in [6.45, 7) is 7.45. The molecule has 2 amide bonds. The van der Waals surface area contributed by atoms with Gasteiger partial charge in [0.05, 0.1) is 5.92 Å². The topological polar surface area (TPSA) is 95.7 Å². The van der Waals surface area contributed by atoms with Crippen LogP contribution in [0.3, 0.4) is 0 Å². The minimum atomic E-state index is -0.860. The minimum Gasteiger partial charge on any atom is -0.481 e. The fourth-order valence-electron chi connectivity index (χ4n) is 2.41. The fourth-order valence-corrected chi connectivity index (χ4v) is 2.41. The van der Waals surface area contributed by atoms with E-state index >= 15 is 0 Å². The molecule has 20 heavy (non-hydrogen) atoms. The molecule has 1 heterocycles. The number of hydrogen-bond acceptors (Lipinski definition) is 3. The molecule has 0 aromatic heterocycles. The zero-order valence-electron chi connectivity index (χ0n) is 12.7. The first-order valence-electron chi connectivity index (χ1n) is 7.20. The van der Waals surface area contributed by atoms with Gasteiger partial charge >= 0.3 is 12.0 Å². The van der Waals surface area contributed by atoms with Crippen molar-refractivity contribution in [3.8, 4) is 0 Å². The van der Waals surface area contributed by atoms with Crippen LogP contribution in [0.1, 0.15) is 40.0 Å². The van der Waals surface area contributed by atoms with Gasteiger partial charge in [0.1, 0.15) is 0 Å². The van der Waals surface area contributed by atoms with Crippen molar-refractivity contribution in [1.82, 2.24) is 10.2 Å². The van der Waals surface area contributed by atoms with Gasteiger partial charge in [0.2, 0.25) is 0 Å². The number of nitrogens with one attached hydrogen (secondary N) is 1. The second kappa shape index (κ2) is 6.92. The summed E-state index contributed by atoms with van der Waals surface area (Å²) in [6.07, 6.45) is 2.14. The van der Waals surface area contributed by atoms with Crippen LogP contribution in [0, 0.1) is 11.3 Å². The number of carbonyl (C=O) groups excluding carboxylic acids is 1. The normalized spacial score (nSPS) is 18.7. The van der Waals surface area contributed by atoms with Crippen molar-refractivity contribution in [2.24, 2.45) is 17.1 Å². The maximum Gasteiger partial charge on any atom is 0.317 e. The maximum atomic E-state index is 12.0. The molecular formula is C14H27N3O3. The summed E-state index contributed by atoms with van der Waals surface area (Å²) < 4.78 is 0. The first-order valence-corrected chi connectivity index (χ1v) is 7.20. The van der Waals surface area contributed by atoms with Crippen LogP contribution >= 0.6 is 0 Å². The predicted octanol–water partition coefficient (Wildman–Crippen LogP) is 1.26. The molecule has 116 valence electrons. The average Bonchev–Trinajstić information content (AvgIpc) is 2.33. The highest BCUT2D eigenvalue weighted by Gasteiger charge is 2.26. The zero-order valence-corrected chi connectivity index (χ0v) is 12.7. The number of nitrogens with two attached hydrogens (primary N) is 1. The molecule has 1 saturated heterocycles. The standard InChI is InChI=1S/C14H27N3O3/c1-14(2,3)8-10(12(18)19)9-16-13(20)17-6-4-11(15)5-7-17/h10-11H,4-9,15H2,1-3H3,(H,16,20)(H,18,19). The van der Waals surface area contributed by atoms with E-state index in [0.717, 1.165) is 12.8 Å². The smallest absolute Gasteiger partial charge is 0.317 e. The number of urea groups is 1. The van der Waals surface area contributed by atoms with E-state index in [0.29, 0.717) is 19.5 Å². The third-order valence-electron chi connectivity index (χ3n) is 3.53. The van der Waals surface area contributed by atoms with Crippen molar-refractivity contribution < 1.29 is 14.7 Å². The molecule has 0 aromatic rings. The van der Waals surface area contributed by atoms with Crippen molar-refractivity contribution in [1.29, 1.82) is 0 Å². The van der Waals surface area contributed by atoms with Crippen molar-refractivity contribution in [2.75, 3.05) is 19.6 Å². The Morgan fingerprint density at radius 1 is 1.35 bits per heavy atom. The largest absolute Gasteiger partial charge is 0.481 e. The Hall–Kier alpha value is -1.30. The Morgan fingerprint density at radius 2 is 1.90 bits per heavy atom. The number of likely N-dealkylation sites (tertiary alicyclic amines) is 1. The SMILES string of the molecule is CC(C)(C)CC(CNC(=O)N1CCC(N)CC1)C(=O)O. The molecule has 0 radical (unpaired) electrons. The van der Waals surface area contributed by atoms with Crippen LogP contribution in [0.2, 0.25) is 0 Å². The van der Waals surface area contributed by atoms with Crippen LogP contribution in [0.4, 0.5) is 4.79 Å². The molecule has 6 nitrogen and oxygen atoms in total. The summed E-state index contributed by atoms with van der Waals surface area (Å²) in [6, 6.07) is -0.0104. The Kier molecular flexibility index (Phi) is 5.80. The van der Waals surface area contributed by atoms with Gasteiger partial charge in [-0.25, -0.2) is 4.79 Å². The maximum absolute atomic E-state index is 12.0. The number of nitrogens with zero attached hydrogens (tertiary/aromatic N) is 1. The molecule has 0 bridgehead atoms. The quantitative estimate of drug-likeness (QED) is 0.724. The van der Waals surface area contributed by atoms with Crippen molar-refractivity contribution in [3.63, 3.8) is 0 Å². The third-order valence-corrected chi connectivity index (χ3v) is 3.53. The third kappa shape index (κ3) is 5.77. The van der Waals surface area contributed by atoms with E-state index in [1.807, 2.05) is 20.8 Å². The van der Waals surface area contributed by atoms with Crippen LogP contribution < -0.4 is 11.1 Å². The second-order valence-electron chi connectivity index (χ2n) is 6.81. The number of carboxylic acids is 1. The molecular weight excluding hydrogens is 258 g/mol. The molecule has 4 N–H and O–H groups in total. The van der Waals surface area contributed by atoms with E-state index < -0.39 is 11.9 Å². The average molecular weight is 285 g/mol. The van der Waals surface area contributed by atoms with E-state index in [9.17, 15) is 14.7 Å². The lowest BCUT2D eigenvalue weighted by atomic mass is 9.84. The molecule has 1 aliphatic rings. The van der Waals surface area contributed by atoms with Gasteiger partial charge in [-0.15, -0.1) is 0 Å². The highest BCUT2D eigenvalue weighted by Crippen LogP contribution is 2.24. The lowest BCUT2D eigenvalue weighted by molar-refractivity contribution is -0.142. The second-order valence-corrected chi connectivity index (χ2v) is 6.81.